The number of H-pyrrole nitrogens is 2. The zero-order chi connectivity index (χ0) is 10.4. The summed E-state index contributed by atoms with van der Waals surface area (Å²) in [6.45, 7) is 0. The number of hydrogen-bond acceptors (Lipinski definition) is 3. The van der Waals surface area contributed by atoms with Gasteiger partial charge in [0.15, 0.2) is 0 Å². The van der Waals surface area contributed by atoms with Crippen LogP contribution >= 0.6 is 0 Å². The maximum absolute atomic E-state index is 10.0. The predicted molar refractivity (Wildman–Crippen MR) is 50.8 cm³/mol. The van der Waals surface area contributed by atoms with Gasteiger partial charge in [0, 0.05) is 6.20 Å². The van der Waals surface area contributed by atoms with Crippen molar-refractivity contribution in [2.75, 3.05) is 5.73 Å². The van der Waals surface area contributed by atoms with Crippen molar-refractivity contribution >= 4 is 11.8 Å². The van der Waals surface area contributed by atoms with Crippen LogP contribution in [0.15, 0.2) is 30.9 Å². The van der Waals surface area contributed by atoms with E-state index in [0.29, 0.717) is 5.82 Å². The number of aromatic carboxylic acids is 1. The van der Waals surface area contributed by atoms with Gasteiger partial charge in [-0.3, -0.25) is 0 Å². The average Bonchev–Trinajstić information content (AvgIpc) is 2.75. The second kappa shape index (κ2) is 4.70. The largest absolute Gasteiger partial charge is 0.477 e. The van der Waals surface area contributed by atoms with Crippen LogP contribution in [0.3, 0.4) is 0 Å². The van der Waals surface area contributed by atoms with Crippen LogP contribution < -0.4 is 5.73 Å². The second-order valence-corrected chi connectivity index (χ2v) is 2.40. The highest BCUT2D eigenvalue weighted by Gasteiger charge is 1.98. The number of aromatic amines is 2. The molecule has 0 spiro atoms. The fourth-order valence-corrected chi connectivity index (χ4v) is 0.730. The first-order valence-corrected chi connectivity index (χ1v) is 3.80. The molecule has 14 heavy (non-hydrogen) atoms. The number of anilines is 1. The van der Waals surface area contributed by atoms with Gasteiger partial charge in [-0.15, -0.1) is 0 Å². The molecule has 5 N–H and O–H groups in total. The van der Waals surface area contributed by atoms with Gasteiger partial charge in [-0.05, 0) is 12.1 Å². The summed E-state index contributed by atoms with van der Waals surface area (Å²) in [5, 5.41) is 8.24. The van der Waals surface area contributed by atoms with E-state index in [0.717, 1.165) is 0 Å². The van der Waals surface area contributed by atoms with Gasteiger partial charge in [-0.25, -0.2) is 9.78 Å². The number of nitrogens with zero attached hydrogens (tertiary/aromatic N) is 1. The molecule has 0 aromatic carbocycles. The molecular formula is C8H10N4O2. The number of hydrogen-bond donors (Lipinski definition) is 4. The Labute approximate surface area is 79.8 Å². The molecule has 0 unspecified atom stereocenters. The summed E-state index contributed by atoms with van der Waals surface area (Å²) in [5.41, 5.74) is 5.39. The number of carboxylic acids is 1. The minimum atomic E-state index is -0.921. The molecule has 0 amide bonds. The standard InChI is InChI=1S/C5H5NO2.C3H5N3/c7-5(8)4-2-1-3-6-4;4-3-1-5-2-6-3/h1-3,6H,(H,7,8);1-2H,4H2,(H,5,6). The lowest BCUT2D eigenvalue weighted by atomic mass is 10.4. The minimum absolute atomic E-state index is 0.227. The van der Waals surface area contributed by atoms with Crippen molar-refractivity contribution in [3.63, 3.8) is 0 Å². The number of nitrogens with two attached hydrogens (primary N) is 1. The Bertz CT molecular complexity index is 366. The molecule has 0 radical (unpaired) electrons. The maximum atomic E-state index is 10.0. The average molecular weight is 194 g/mol. The molecule has 0 fully saturated rings. The van der Waals surface area contributed by atoms with Crippen molar-refractivity contribution in [1.82, 2.24) is 15.0 Å². The number of imidazole rings is 1. The van der Waals surface area contributed by atoms with Gasteiger partial charge in [0.05, 0.1) is 12.5 Å². The number of aromatic nitrogens is 3. The second-order valence-electron chi connectivity index (χ2n) is 2.40. The summed E-state index contributed by atoms with van der Waals surface area (Å²) in [6.07, 6.45) is 4.67. The SMILES string of the molecule is Nc1cnc[nH]1.O=C(O)c1ccc[nH]1. The Balaban J connectivity index is 0.000000146. The van der Waals surface area contributed by atoms with Crippen molar-refractivity contribution < 1.29 is 9.90 Å². The minimum Gasteiger partial charge on any atom is -0.477 e. The number of carboxylic acid groups (broad SMARTS) is 1. The molecule has 2 rings (SSSR count). The molecule has 2 aromatic heterocycles. The van der Waals surface area contributed by atoms with E-state index in [-0.39, 0.29) is 5.69 Å². The first-order valence-electron chi connectivity index (χ1n) is 3.80. The molecule has 6 nitrogen and oxygen atoms in total. The summed E-state index contributed by atoms with van der Waals surface area (Å²) >= 11 is 0. The lowest BCUT2D eigenvalue weighted by Gasteiger charge is -1.80. The van der Waals surface area contributed by atoms with E-state index in [9.17, 15) is 4.79 Å². The van der Waals surface area contributed by atoms with Gasteiger partial charge in [0.1, 0.15) is 11.5 Å². The van der Waals surface area contributed by atoms with Gasteiger partial charge < -0.3 is 20.8 Å². The van der Waals surface area contributed by atoms with Gasteiger partial charge in [-0.2, -0.15) is 0 Å². The topological polar surface area (TPSA) is 108 Å². The highest BCUT2D eigenvalue weighted by atomic mass is 16.4. The van der Waals surface area contributed by atoms with E-state index in [1.54, 1.807) is 18.5 Å². The first kappa shape index (κ1) is 9.85. The summed E-state index contributed by atoms with van der Waals surface area (Å²) in [5.74, 6) is -0.315. The third kappa shape index (κ3) is 3.02. The Hall–Kier alpha value is -2.24. The van der Waals surface area contributed by atoms with Crippen LogP contribution in [-0.4, -0.2) is 26.0 Å². The third-order valence-corrected chi connectivity index (χ3v) is 1.35. The smallest absolute Gasteiger partial charge is 0.352 e. The Kier molecular flexibility index (Phi) is 3.31. The normalized spacial score (nSPS) is 8.86. The van der Waals surface area contributed by atoms with Crippen molar-refractivity contribution in [3.05, 3.63) is 36.5 Å². The predicted octanol–water partition coefficient (Wildman–Crippen LogP) is 0.705. The monoisotopic (exact) mass is 194 g/mol. The zero-order valence-corrected chi connectivity index (χ0v) is 7.27. The van der Waals surface area contributed by atoms with E-state index in [2.05, 4.69) is 15.0 Å². The molecule has 2 aromatic rings. The van der Waals surface area contributed by atoms with Crippen LogP contribution in [0.4, 0.5) is 5.82 Å². The zero-order valence-electron chi connectivity index (χ0n) is 7.27. The quantitative estimate of drug-likeness (QED) is 0.536. The summed E-state index contributed by atoms with van der Waals surface area (Å²) in [6, 6.07) is 3.14. The molecule has 0 aliphatic carbocycles. The molecule has 74 valence electrons. The van der Waals surface area contributed by atoms with Crippen LogP contribution in [0, 0.1) is 0 Å². The fraction of sp³-hybridized carbons (Fsp3) is 0. The van der Waals surface area contributed by atoms with E-state index in [1.807, 2.05) is 0 Å². The van der Waals surface area contributed by atoms with Crippen LogP contribution in [0.2, 0.25) is 0 Å². The summed E-state index contributed by atoms with van der Waals surface area (Å²) < 4.78 is 0. The Morgan fingerprint density at radius 2 is 2.29 bits per heavy atom. The van der Waals surface area contributed by atoms with Gasteiger partial charge >= 0.3 is 5.97 Å². The number of nitrogens with one attached hydrogen (secondary N) is 2. The van der Waals surface area contributed by atoms with Crippen LogP contribution in [0.25, 0.3) is 0 Å². The first-order chi connectivity index (χ1) is 6.70. The third-order valence-electron chi connectivity index (χ3n) is 1.35. The highest BCUT2D eigenvalue weighted by molar-refractivity contribution is 5.85. The van der Waals surface area contributed by atoms with Gasteiger partial charge in [0.25, 0.3) is 0 Å². The number of rotatable bonds is 1. The summed E-state index contributed by atoms with van der Waals surface area (Å²) in [4.78, 5) is 18.9. The highest BCUT2D eigenvalue weighted by Crippen LogP contribution is 1.91. The van der Waals surface area contributed by atoms with Gasteiger partial charge in [-0.1, -0.05) is 0 Å². The number of carbonyl (C=O) groups is 1. The fourth-order valence-electron chi connectivity index (χ4n) is 0.730. The van der Waals surface area contributed by atoms with Gasteiger partial charge in [0.2, 0.25) is 0 Å². The number of nitrogen functional groups attached to an aromatic ring is 1. The molecule has 0 bridgehead atoms. The molecular weight excluding hydrogens is 184 g/mol. The van der Waals surface area contributed by atoms with Crippen molar-refractivity contribution in [1.29, 1.82) is 0 Å². The van der Waals surface area contributed by atoms with Crippen molar-refractivity contribution in [3.8, 4) is 0 Å². The molecule has 0 atom stereocenters. The van der Waals surface area contributed by atoms with E-state index in [4.69, 9.17) is 10.8 Å². The van der Waals surface area contributed by atoms with Crippen molar-refractivity contribution in [2.24, 2.45) is 0 Å². The molecule has 0 aliphatic rings. The molecule has 2 heterocycles. The Morgan fingerprint density at radius 1 is 1.50 bits per heavy atom. The Morgan fingerprint density at radius 3 is 2.50 bits per heavy atom. The van der Waals surface area contributed by atoms with Crippen LogP contribution in [-0.2, 0) is 0 Å². The van der Waals surface area contributed by atoms with Crippen molar-refractivity contribution in [2.45, 2.75) is 0 Å². The lowest BCUT2D eigenvalue weighted by Crippen LogP contribution is -1.94. The lowest BCUT2D eigenvalue weighted by molar-refractivity contribution is 0.0691. The molecule has 0 saturated carbocycles. The maximum Gasteiger partial charge on any atom is 0.352 e. The molecule has 0 aliphatic heterocycles. The molecule has 6 heteroatoms. The van der Waals surface area contributed by atoms with E-state index >= 15 is 0 Å². The van der Waals surface area contributed by atoms with Crippen LogP contribution in [0.1, 0.15) is 10.5 Å². The van der Waals surface area contributed by atoms with E-state index < -0.39 is 5.97 Å². The summed E-state index contributed by atoms with van der Waals surface area (Å²) in [7, 11) is 0. The van der Waals surface area contributed by atoms with E-state index in [1.165, 1.54) is 12.4 Å². The van der Waals surface area contributed by atoms with Crippen LogP contribution in [0.5, 0.6) is 0 Å². The molecule has 0 saturated heterocycles.